The topological polar surface area (TPSA) is 102 Å². The van der Waals surface area contributed by atoms with Gasteiger partial charge in [0.25, 0.3) is 5.91 Å². The van der Waals surface area contributed by atoms with Crippen LogP contribution < -0.4 is 14.4 Å². The van der Waals surface area contributed by atoms with Crippen molar-refractivity contribution in [2.75, 3.05) is 62.8 Å². The van der Waals surface area contributed by atoms with Crippen LogP contribution in [0.25, 0.3) is 0 Å². The average molecular weight is 517 g/mol. The van der Waals surface area contributed by atoms with Gasteiger partial charge in [0.2, 0.25) is 10.0 Å². The molecule has 2 aromatic carbocycles. The Morgan fingerprint density at radius 3 is 2.64 bits per heavy atom. The molecule has 0 bridgehead atoms. The number of anilines is 2. The maximum Gasteiger partial charge on any atom is 0.260 e. The Morgan fingerprint density at radius 1 is 1.22 bits per heavy atom. The summed E-state index contributed by atoms with van der Waals surface area (Å²) in [5, 5.41) is 9.96. The van der Waals surface area contributed by atoms with Crippen molar-refractivity contribution in [3.63, 3.8) is 0 Å². The molecule has 0 saturated carbocycles. The van der Waals surface area contributed by atoms with Crippen LogP contribution in [-0.4, -0.2) is 88.5 Å². The molecule has 196 valence electrons. The molecule has 36 heavy (non-hydrogen) atoms. The molecule has 0 aromatic heterocycles. The number of fused-ring (bicyclic) bond motifs is 1. The Hall–Kier alpha value is -2.82. The highest BCUT2D eigenvalue weighted by atomic mass is 32.2. The number of β-amino-alcohol motifs (C(OH)–C–C–N with tert-alkyl or cyclic N) is 1. The summed E-state index contributed by atoms with van der Waals surface area (Å²) in [4.78, 5) is 19.2. The third kappa shape index (κ3) is 6.29. The summed E-state index contributed by atoms with van der Waals surface area (Å²) in [5.74, 6) is 0.441. The standard InChI is InChI=1S/C26H36N4O5S/c1-28-14-7-10-21-24(12-11-22(26(21)28)27-36(3,33)34)35-18-25(32)29(2)23(19-8-5-4-6-9-19)17-30-15-13-20(31)16-30/h4-6,8-9,11-12,20,23,27,31H,7,10,13-18H2,1-3H3/t20-,23?/m0/s1. The van der Waals surface area contributed by atoms with E-state index in [4.69, 9.17) is 4.74 Å². The maximum atomic E-state index is 13.3. The lowest BCUT2D eigenvalue weighted by molar-refractivity contribution is -0.134. The van der Waals surface area contributed by atoms with E-state index in [0.717, 1.165) is 55.4 Å². The SMILES string of the molecule is CN1CCCc2c(OCC(=O)N(C)C(CN3CC[C@H](O)C3)c3ccccc3)ccc(NS(C)(=O)=O)c21. The van der Waals surface area contributed by atoms with Crippen molar-refractivity contribution >= 4 is 27.3 Å². The summed E-state index contributed by atoms with van der Waals surface area (Å²) < 4.78 is 32.4. The first kappa shape index (κ1) is 26.2. The molecule has 4 rings (SSSR count). The number of nitrogens with one attached hydrogen (secondary N) is 1. The average Bonchev–Trinajstić information content (AvgIpc) is 3.25. The van der Waals surface area contributed by atoms with Crippen LogP contribution in [0.2, 0.25) is 0 Å². The second kappa shape index (κ2) is 11.1. The van der Waals surface area contributed by atoms with Gasteiger partial charge in [-0.25, -0.2) is 8.42 Å². The van der Waals surface area contributed by atoms with Crippen LogP contribution >= 0.6 is 0 Å². The number of hydrogen-bond donors (Lipinski definition) is 2. The number of likely N-dealkylation sites (tertiary alicyclic amines) is 1. The minimum atomic E-state index is -3.43. The summed E-state index contributed by atoms with van der Waals surface area (Å²) >= 11 is 0. The van der Waals surface area contributed by atoms with E-state index in [1.807, 2.05) is 42.3 Å². The van der Waals surface area contributed by atoms with Crippen molar-refractivity contribution in [1.29, 1.82) is 0 Å². The van der Waals surface area contributed by atoms with Gasteiger partial charge in [0, 0.05) is 45.8 Å². The molecule has 0 aliphatic carbocycles. The fraction of sp³-hybridized carbons (Fsp3) is 0.500. The molecule has 2 aromatic rings. The zero-order valence-corrected chi connectivity index (χ0v) is 22.0. The lowest BCUT2D eigenvalue weighted by Crippen LogP contribution is -2.41. The smallest absolute Gasteiger partial charge is 0.260 e. The number of amides is 1. The first-order valence-electron chi connectivity index (χ1n) is 12.3. The molecule has 1 fully saturated rings. The summed E-state index contributed by atoms with van der Waals surface area (Å²) in [5.41, 5.74) is 3.24. The monoisotopic (exact) mass is 516 g/mol. The molecular formula is C26H36N4O5S. The first-order valence-corrected chi connectivity index (χ1v) is 14.2. The zero-order valence-electron chi connectivity index (χ0n) is 21.2. The van der Waals surface area contributed by atoms with Crippen LogP contribution in [0.4, 0.5) is 11.4 Å². The predicted molar refractivity (Wildman–Crippen MR) is 141 cm³/mol. The van der Waals surface area contributed by atoms with Crippen molar-refractivity contribution < 1.29 is 23.1 Å². The molecule has 2 aliphatic rings. The number of sulfonamides is 1. The van der Waals surface area contributed by atoms with Gasteiger partial charge in [-0.2, -0.15) is 0 Å². The van der Waals surface area contributed by atoms with Gasteiger partial charge < -0.3 is 19.6 Å². The Labute approximate surface area is 213 Å². The zero-order chi connectivity index (χ0) is 25.9. The van der Waals surface area contributed by atoms with E-state index < -0.39 is 10.0 Å². The Balaban J connectivity index is 1.51. The van der Waals surface area contributed by atoms with E-state index in [9.17, 15) is 18.3 Å². The number of rotatable bonds is 9. The molecule has 2 atom stereocenters. The lowest BCUT2D eigenvalue weighted by atomic mass is 10.00. The normalized spacial score (nSPS) is 19.0. The van der Waals surface area contributed by atoms with Gasteiger partial charge in [-0.1, -0.05) is 30.3 Å². The number of hydrogen-bond acceptors (Lipinski definition) is 7. The van der Waals surface area contributed by atoms with E-state index in [0.29, 0.717) is 24.5 Å². The number of carbonyl (C=O) groups is 1. The molecule has 0 radical (unpaired) electrons. The van der Waals surface area contributed by atoms with Crippen molar-refractivity contribution in [2.24, 2.45) is 0 Å². The van der Waals surface area contributed by atoms with Crippen LogP contribution in [-0.2, 0) is 21.2 Å². The summed E-state index contributed by atoms with van der Waals surface area (Å²) in [7, 11) is 0.283. The summed E-state index contributed by atoms with van der Waals surface area (Å²) in [6, 6.07) is 13.2. The second-order valence-electron chi connectivity index (χ2n) is 9.76. The fourth-order valence-electron chi connectivity index (χ4n) is 5.08. The number of ether oxygens (including phenoxy) is 1. The third-order valence-electron chi connectivity index (χ3n) is 6.91. The summed E-state index contributed by atoms with van der Waals surface area (Å²) in [6.45, 7) is 2.72. The van der Waals surface area contributed by atoms with Crippen molar-refractivity contribution in [1.82, 2.24) is 9.80 Å². The van der Waals surface area contributed by atoms with Crippen molar-refractivity contribution in [3.05, 3.63) is 53.6 Å². The quantitative estimate of drug-likeness (QED) is 0.526. The predicted octanol–water partition coefficient (Wildman–Crippen LogP) is 2.09. The van der Waals surface area contributed by atoms with Gasteiger partial charge in [-0.05, 0) is 37.0 Å². The molecule has 2 heterocycles. The number of benzene rings is 2. The highest BCUT2D eigenvalue weighted by molar-refractivity contribution is 7.92. The van der Waals surface area contributed by atoms with Gasteiger partial charge >= 0.3 is 0 Å². The van der Waals surface area contributed by atoms with E-state index >= 15 is 0 Å². The largest absolute Gasteiger partial charge is 0.483 e. The number of aliphatic hydroxyl groups excluding tert-OH is 1. The lowest BCUT2D eigenvalue weighted by Gasteiger charge is -2.33. The first-order chi connectivity index (χ1) is 17.1. The molecule has 1 saturated heterocycles. The number of carbonyl (C=O) groups excluding carboxylic acids is 1. The number of likely N-dealkylation sites (N-methyl/N-ethyl adjacent to an activating group) is 1. The molecular weight excluding hydrogens is 480 g/mol. The Kier molecular flexibility index (Phi) is 8.07. The molecule has 1 amide bonds. The van der Waals surface area contributed by atoms with Crippen LogP contribution in [0, 0.1) is 0 Å². The Bertz CT molecular complexity index is 1170. The molecule has 10 heteroatoms. The van der Waals surface area contributed by atoms with Crippen molar-refractivity contribution in [3.8, 4) is 5.75 Å². The summed E-state index contributed by atoms with van der Waals surface area (Å²) in [6.07, 6.45) is 3.20. The van der Waals surface area contributed by atoms with Crippen LogP contribution in [0.3, 0.4) is 0 Å². The van der Waals surface area contributed by atoms with E-state index in [2.05, 4.69) is 9.62 Å². The van der Waals surface area contributed by atoms with Gasteiger partial charge in [0.15, 0.2) is 6.61 Å². The number of nitrogens with zero attached hydrogens (tertiary/aromatic N) is 3. The van der Waals surface area contributed by atoms with Crippen LogP contribution in [0.5, 0.6) is 5.75 Å². The van der Waals surface area contributed by atoms with Gasteiger partial charge in [0.05, 0.1) is 29.8 Å². The molecule has 9 nitrogen and oxygen atoms in total. The van der Waals surface area contributed by atoms with Gasteiger partial charge in [-0.3, -0.25) is 14.4 Å². The second-order valence-corrected chi connectivity index (χ2v) is 11.5. The Morgan fingerprint density at radius 2 is 1.97 bits per heavy atom. The molecule has 2 N–H and O–H groups in total. The fourth-order valence-corrected chi connectivity index (χ4v) is 5.65. The van der Waals surface area contributed by atoms with Crippen molar-refractivity contribution in [2.45, 2.75) is 31.4 Å². The highest BCUT2D eigenvalue weighted by Gasteiger charge is 2.29. The van der Waals surface area contributed by atoms with E-state index in [1.165, 1.54) is 0 Å². The van der Waals surface area contributed by atoms with Gasteiger partial charge in [-0.15, -0.1) is 0 Å². The third-order valence-corrected chi connectivity index (χ3v) is 7.50. The number of aliphatic hydroxyl groups is 1. The van der Waals surface area contributed by atoms with E-state index in [-0.39, 0.29) is 24.7 Å². The molecule has 1 unspecified atom stereocenters. The van der Waals surface area contributed by atoms with Gasteiger partial charge in [0.1, 0.15) is 5.75 Å². The van der Waals surface area contributed by atoms with E-state index in [1.54, 1.807) is 24.1 Å². The molecule has 0 spiro atoms. The minimum absolute atomic E-state index is 0.128. The minimum Gasteiger partial charge on any atom is -0.483 e. The van der Waals surface area contributed by atoms with Crippen LogP contribution in [0.15, 0.2) is 42.5 Å². The van der Waals surface area contributed by atoms with Crippen LogP contribution in [0.1, 0.15) is 30.0 Å². The maximum absolute atomic E-state index is 13.3. The molecule has 2 aliphatic heterocycles. The highest BCUT2D eigenvalue weighted by Crippen LogP contribution is 2.40.